The van der Waals surface area contributed by atoms with Crippen molar-refractivity contribution in [1.29, 1.82) is 0 Å². The Hall–Kier alpha value is -1.39. The lowest BCUT2D eigenvalue weighted by Gasteiger charge is -2.11. The van der Waals surface area contributed by atoms with E-state index in [-0.39, 0.29) is 6.04 Å². The topological polar surface area (TPSA) is 50.9 Å². The highest BCUT2D eigenvalue weighted by Gasteiger charge is 2.32. The molecule has 5 heteroatoms. The first-order chi connectivity index (χ1) is 9.15. The van der Waals surface area contributed by atoms with Crippen LogP contribution in [0.3, 0.4) is 0 Å². The maximum atomic E-state index is 10.0. The van der Waals surface area contributed by atoms with Gasteiger partial charge in [-0.3, -0.25) is 0 Å². The van der Waals surface area contributed by atoms with Crippen LogP contribution in [0.4, 0.5) is 0 Å². The van der Waals surface area contributed by atoms with Gasteiger partial charge in [0.2, 0.25) is 0 Å². The summed E-state index contributed by atoms with van der Waals surface area (Å²) in [6, 6.07) is 7.76. The molecule has 3 rings (SSSR count). The molecule has 0 radical (unpaired) electrons. The maximum Gasteiger partial charge on any atom is 0.111 e. The number of nitrogens with zero attached hydrogens (tertiary/aromatic N) is 3. The second-order valence-corrected chi connectivity index (χ2v) is 5.57. The van der Waals surface area contributed by atoms with Crippen LogP contribution in [-0.4, -0.2) is 20.1 Å². The van der Waals surface area contributed by atoms with Gasteiger partial charge in [-0.15, -0.1) is 5.10 Å². The lowest BCUT2D eigenvalue weighted by Crippen LogP contribution is -2.07. The fraction of sp³-hybridized carbons (Fsp3) is 0.429. The summed E-state index contributed by atoms with van der Waals surface area (Å²) < 4.78 is 1.78. The van der Waals surface area contributed by atoms with Crippen molar-refractivity contribution >= 4 is 11.6 Å². The average Bonchev–Trinajstić information content (AvgIpc) is 3.15. The summed E-state index contributed by atoms with van der Waals surface area (Å²) >= 11 is 5.88. The quantitative estimate of drug-likeness (QED) is 0.935. The largest absolute Gasteiger partial charge is 0.386 e. The van der Waals surface area contributed by atoms with E-state index in [9.17, 15) is 5.11 Å². The zero-order valence-electron chi connectivity index (χ0n) is 10.7. The standard InChI is InChI=1S/C14H16ClN3O/c1-9(10-4-6-12(15)7-5-10)18-8-13(16-17-18)14(19)11-2-3-11/h4-9,11,14,19H,2-3H2,1H3. The van der Waals surface area contributed by atoms with E-state index >= 15 is 0 Å². The summed E-state index contributed by atoms with van der Waals surface area (Å²) in [6.45, 7) is 2.05. The van der Waals surface area contributed by atoms with Crippen molar-refractivity contribution < 1.29 is 5.11 Å². The molecule has 1 N–H and O–H groups in total. The molecule has 100 valence electrons. The van der Waals surface area contributed by atoms with E-state index in [4.69, 9.17) is 11.6 Å². The Morgan fingerprint density at radius 3 is 2.63 bits per heavy atom. The Morgan fingerprint density at radius 1 is 1.32 bits per heavy atom. The van der Waals surface area contributed by atoms with Gasteiger partial charge in [-0.2, -0.15) is 0 Å². The number of benzene rings is 1. The first kappa shape index (κ1) is 12.6. The van der Waals surface area contributed by atoms with Gasteiger partial charge in [0.25, 0.3) is 0 Å². The Bertz CT molecular complexity index is 562. The van der Waals surface area contributed by atoms with E-state index in [0.29, 0.717) is 11.6 Å². The highest BCUT2D eigenvalue weighted by atomic mass is 35.5. The minimum Gasteiger partial charge on any atom is -0.386 e. The Morgan fingerprint density at radius 2 is 2.00 bits per heavy atom. The van der Waals surface area contributed by atoms with Crippen LogP contribution in [-0.2, 0) is 0 Å². The Labute approximate surface area is 117 Å². The third-order valence-corrected chi connectivity index (χ3v) is 3.90. The molecule has 1 aromatic carbocycles. The molecule has 2 unspecified atom stereocenters. The van der Waals surface area contributed by atoms with Crippen LogP contribution in [0.5, 0.6) is 0 Å². The van der Waals surface area contributed by atoms with Crippen molar-refractivity contribution in [3.05, 3.63) is 46.7 Å². The highest BCUT2D eigenvalue weighted by Crippen LogP contribution is 2.40. The summed E-state index contributed by atoms with van der Waals surface area (Å²) in [4.78, 5) is 0. The molecule has 2 aromatic rings. The molecule has 1 aromatic heterocycles. The number of halogens is 1. The molecular weight excluding hydrogens is 262 g/mol. The van der Waals surface area contributed by atoms with E-state index in [0.717, 1.165) is 23.4 Å². The van der Waals surface area contributed by atoms with Gasteiger partial charge in [0, 0.05) is 5.02 Å². The summed E-state index contributed by atoms with van der Waals surface area (Å²) in [5.74, 6) is 0.371. The first-order valence-corrected chi connectivity index (χ1v) is 6.88. The van der Waals surface area contributed by atoms with E-state index < -0.39 is 6.10 Å². The van der Waals surface area contributed by atoms with Crippen molar-refractivity contribution in [2.75, 3.05) is 0 Å². The van der Waals surface area contributed by atoms with Gasteiger partial charge in [-0.1, -0.05) is 28.9 Å². The van der Waals surface area contributed by atoms with Crippen LogP contribution in [0.1, 0.15) is 43.2 Å². The van der Waals surface area contributed by atoms with Crippen LogP contribution >= 0.6 is 11.6 Å². The molecule has 0 aliphatic heterocycles. The lowest BCUT2D eigenvalue weighted by atomic mass is 10.1. The SMILES string of the molecule is CC(c1ccc(Cl)cc1)n1cc(C(O)C2CC2)nn1. The van der Waals surface area contributed by atoms with Crippen LogP contribution in [0, 0.1) is 5.92 Å². The van der Waals surface area contributed by atoms with Gasteiger partial charge < -0.3 is 5.11 Å². The third-order valence-electron chi connectivity index (χ3n) is 3.65. The summed E-state index contributed by atoms with van der Waals surface area (Å²) in [5, 5.41) is 18.9. The fourth-order valence-electron chi connectivity index (χ4n) is 2.16. The van der Waals surface area contributed by atoms with Gasteiger partial charge in [-0.05, 0) is 43.4 Å². The molecule has 0 spiro atoms. The van der Waals surface area contributed by atoms with Crippen LogP contribution in [0.15, 0.2) is 30.5 Å². The number of rotatable bonds is 4. The van der Waals surface area contributed by atoms with E-state index in [2.05, 4.69) is 10.3 Å². The third kappa shape index (κ3) is 2.65. The molecule has 1 aliphatic carbocycles. The van der Waals surface area contributed by atoms with Crippen molar-refractivity contribution in [2.45, 2.75) is 31.9 Å². The van der Waals surface area contributed by atoms with Crippen LogP contribution < -0.4 is 0 Å². The molecule has 0 saturated heterocycles. The van der Waals surface area contributed by atoms with Gasteiger partial charge >= 0.3 is 0 Å². The zero-order valence-corrected chi connectivity index (χ0v) is 11.5. The van der Waals surface area contributed by atoms with E-state index in [1.807, 2.05) is 37.4 Å². The summed E-state index contributed by atoms with van der Waals surface area (Å²) in [7, 11) is 0. The highest BCUT2D eigenvalue weighted by molar-refractivity contribution is 6.30. The summed E-state index contributed by atoms with van der Waals surface area (Å²) in [6.07, 6.45) is 3.54. The van der Waals surface area contributed by atoms with Gasteiger partial charge in [0.05, 0.1) is 12.2 Å². The number of aromatic nitrogens is 3. The number of hydrogen-bond acceptors (Lipinski definition) is 3. The molecule has 19 heavy (non-hydrogen) atoms. The minimum absolute atomic E-state index is 0.0740. The minimum atomic E-state index is -0.467. The number of hydrogen-bond donors (Lipinski definition) is 1. The molecule has 4 nitrogen and oxygen atoms in total. The lowest BCUT2D eigenvalue weighted by molar-refractivity contribution is 0.149. The smallest absolute Gasteiger partial charge is 0.111 e. The van der Waals surface area contributed by atoms with Gasteiger partial charge in [0.1, 0.15) is 11.8 Å². The molecule has 0 bridgehead atoms. The fourth-order valence-corrected chi connectivity index (χ4v) is 2.29. The second-order valence-electron chi connectivity index (χ2n) is 5.13. The van der Waals surface area contributed by atoms with Crippen molar-refractivity contribution in [1.82, 2.24) is 15.0 Å². The maximum absolute atomic E-state index is 10.0. The van der Waals surface area contributed by atoms with Crippen LogP contribution in [0.25, 0.3) is 0 Å². The van der Waals surface area contributed by atoms with Gasteiger partial charge in [-0.25, -0.2) is 4.68 Å². The predicted octanol–water partition coefficient (Wildman–Crippen LogP) is 2.98. The molecular formula is C14H16ClN3O. The second kappa shape index (κ2) is 4.94. The Kier molecular flexibility index (Phi) is 3.29. The molecule has 2 atom stereocenters. The number of aliphatic hydroxyl groups excluding tert-OH is 1. The Balaban J connectivity index is 1.79. The predicted molar refractivity (Wildman–Crippen MR) is 73.0 cm³/mol. The number of aliphatic hydroxyl groups is 1. The normalized spacial score (nSPS) is 18.3. The molecule has 1 aliphatic rings. The van der Waals surface area contributed by atoms with Crippen molar-refractivity contribution in [3.8, 4) is 0 Å². The monoisotopic (exact) mass is 277 g/mol. The van der Waals surface area contributed by atoms with E-state index in [1.165, 1.54) is 0 Å². The van der Waals surface area contributed by atoms with Crippen molar-refractivity contribution in [2.24, 2.45) is 5.92 Å². The summed E-state index contributed by atoms with van der Waals surface area (Å²) in [5.41, 5.74) is 1.78. The molecule has 0 amide bonds. The first-order valence-electron chi connectivity index (χ1n) is 6.50. The van der Waals surface area contributed by atoms with Gasteiger partial charge in [0.15, 0.2) is 0 Å². The van der Waals surface area contributed by atoms with Crippen LogP contribution in [0.2, 0.25) is 5.02 Å². The molecule has 1 fully saturated rings. The van der Waals surface area contributed by atoms with Crippen molar-refractivity contribution in [3.63, 3.8) is 0 Å². The van der Waals surface area contributed by atoms with E-state index in [1.54, 1.807) is 4.68 Å². The average molecular weight is 278 g/mol. The molecule has 1 heterocycles. The zero-order chi connectivity index (χ0) is 13.4. The molecule has 1 saturated carbocycles.